The van der Waals surface area contributed by atoms with Crippen molar-refractivity contribution >= 4 is 0 Å². The van der Waals surface area contributed by atoms with Gasteiger partial charge in [0.15, 0.2) is 0 Å². The van der Waals surface area contributed by atoms with Gasteiger partial charge in [0.05, 0.1) is 12.1 Å². The van der Waals surface area contributed by atoms with Crippen LogP contribution in [0.3, 0.4) is 0 Å². The molecule has 0 spiro atoms. The van der Waals surface area contributed by atoms with Crippen molar-refractivity contribution in [3.05, 3.63) is 71.8 Å². The molecule has 3 nitrogen and oxygen atoms in total. The Morgan fingerprint density at radius 3 is 1.90 bits per heavy atom. The van der Waals surface area contributed by atoms with Crippen LogP contribution in [-0.4, -0.2) is 36.2 Å². The number of nitrogens with zero attached hydrogens (tertiary/aromatic N) is 1. The number of aliphatic hydroxyl groups is 1. The zero-order chi connectivity index (χ0) is 14.5. The Bertz CT molecular complexity index is 538. The van der Waals surface area contributed by atoms with Gasteiger partial charge in [-0.1, -0.05) is 60.7 Å². The van der Waals surface area contributed by atoms with Crippen molar-refractivity contribution in [2.24, 2.45) is 0 Å². The topological polar surface area (TPSA) is 35.5 Å². The SMILES string of the molecule is O[C@H](c1ccccc1)[C@H](c1ccccc1)N1CCNCC1. The van der Waals surface area contributed by atoms with Crippen molar-refractivity contribution in [1.29, 1.82) is 0 Å². The monoisotopic (exact) mass is 282 g/mol. The van der Waals surface area contributed by atoms with Crippen LogP contribution in [0.2, 0.25) is 0 Å². The number of nitrogens with one attached hydrogen (secondary N) is 1. The summed E-state index contributed by atoms with van der Waals surface area (Å²) in [6.45, 7) is 3.88. The lowest BCUT2D eigenvalue weighted by molar-refractivity contribution is 0.0401. The van der Waals surface area contributed by atoms with E-state index in [2.05, 4.69) is 22.3 Å². The maximum atomic E-state index is 10.9. The first-order valence-corrected chi connectivity index (χ1v) is 7.59. The van der Waals surface area contributed by atoms with E-state index in [1.54, 1.807) is 0 Å². The van der Waals surface area contributed by atoms with Gasteiger partial charge in [0.1, 0.15) is 0 Å². The minimum absolute atomic E-state index is 0.00991. The number of piperazine rings is 1. The number of rotatable bonds is 4. The van der Waals surface area contributed by atoms with E-state index in [1.165, 1.54) is 5.56 Å². The number of hydrogen-bond acceptors (Lipinski definition) is 3. The molecule has 1 aliphatic rings. The van der Waals surface area contributed by atoms with Crippen LogP contribution in [0.1, 0.15) is 23.3 Å². The summed E-state index contributed by atoms with van der Waals surface area (Å²) in [6, 6.07) is 20.3. The van der Waals surface area contributed by atoms with Crippen molar-refractivity contribution < 1.29 is 5.11 Å². The highest BCUT2D eigenvalue weighted by Gasteiger charge is 2.29. The summed E-state index contributed by atoms with van der Waals surface area (Å²) in [4.78, 5) is 2.38. The molecular formula is C18H22N2O. The standard InChI is InChI=1S/C18H22N2O/c21-18(16-9-5-2-6-10-16)17(15-7-3-1-4-8-15)20-13-11-19-12-14-20/h1-10,17-19,21H,11-14H2/t17-,18+/m0/s1. The van der Waals surface area contributed by atoms with E-state index in [0.717, 1.165) is 31.7 Å². The molecule has 110 valence electrons. The summed E-state index contributed by atoms with van der Waals surface area (Å²) in [5, 5.41) is 14.3. The van der Waals surface area contributed by atoms with Crippen LogP contribution >= 0.6 is 0 Å². The molecule has 0 aliphatic carbocycles. The fourth-order valence-electron chi connectivity index (χ4n) is 3.04. The summed E-state index contributed by atoms with van der Waals surface area (Å²) in [5.41, 5.74) is 2.15. The van der Waals surface area contributed by atoms with E-state index >= 15 is 0 Å². The van der Waals surface area contributed by atoms with Gasteiger partial charge < -0.3 is 10.4 Å². The highest BCUT2D eigenvalue weighted by molar-refractivity contribution is 5.26. The van der Waals surface area contributed by atoms with Gasteiger partial charge in [0.2, 0.25) is 0 Å². The first-order chi connectivity index (χ1) is 10.4. The zero-order valence-electron chi connectivity index (χ0n) is 12.2. The van der Waals surface area contributed by atoms with E-state index in [-0.39, 0.29) is 6.04 Å². The van der Waals surface area contributed by atoms with Crippen molar-refractivity contribution in [2.45, 2.75) is 12.1 Å². The number of hydrogen-bond donors (Lipinski definition) is 2. The molecule has 3 rings (SSSR count). The second kappa shape index (κ2) is 6.85. The van der Waals surface area contributed by atoms with Crippen LogP contribution in [0.25, 0.3) is 0 Å². The molecule has 0 radical (unpaired) electrons. The quantitative estimate of drug-likeness (QED) is 0.903. The molecule has 2 aromatic carbocycles. The average Bonchev–Trinajstić information content (AvgIpc) is 2.58. The Morgan fingerprint density at radius 2 is 1.33 bits per heavy atom. The Hall–Kier alpha value is -1.68. The van der Waals surface area contributed by atoms with Crippen molar-refractivity contribution in [2.75, 3.05) is 26.2 Å². The first-order valence-electron chi connectivity index (χ1n) is 7.59. The first kappa shape index (κ1) is 14.3. The Morgan fingerprint density at radius 1 is 0.810 bits per heavy atom. The van der Waals surface area contributed by atoms with Crippen LogP contribution < -0.4 is 5.32 Å². The van der Waals surface area contributed by atoms with Gasteiger partial charge in [0.25, 0.3) is 0 Å². The summed E-state index contributed by atoms with van der Waals surface area (Å²) >= 11 is 0. The van der Waals surface area contributed by atoms with Gasteiger partial charge >= 0.3 is 0 Å². The fraction of sp³-hybridized carbons (Fsp3) is 0.333. The Kier molecular flexibility index (Phi) is 4.65. The van der Waals surface area contributed by atoms with Crippen molar-refractivity contribution in [3.63, 3.8) is 0 Å². The third-order valence-electron chi connectivity index (χ3n) is 4.13. The van der Waals surface area contributed by atoms with E-state index in [9.17, 15) is 5.11 Å². The number of aliphatic hydroxyl groups excluding tert-OH is 1. The van der Waals surface area contributed by atoms with Crippen LogP contribution in [0.4, 0.5) is 0 Å². The molecule has 0 aromatic heterocycles. The third kappa shape index (κ3) is 3.32. The van der Waals surface area contributed by atoms with Gasteiger partial charge in [-0.3, -0.25) is 4.90 Å². The minimum Gasteiger partial charge on any atom is -0.386 e. The Labute approximate surface area is 126 Å². The largest absolute Gasteiger partial charge is 0.386 e. The molecule has 0 saturated carbocycles. The number of benzene rings is 2. The van der Waals surface area contributed by atoms with Crippen molar-refractivity contribution in [1.82, 2.24) is 10.2 Å². The smallest absolute Gasteiger partial charge is 0.0986 e. The molecule has 1 heterocycles. The maximum Gasteiger partial charge on any atom is 0.0986 e. The second-order valence-electron chi connectivity index (χ2n) is 5.50. The molecule has 2 N–H and O–H groups in total. The van der Waals surface area contributed by atoms with Gasteiger partial charge in [0, 0.05) is 26.2 Å². The molecule has 0 bridgehead atoms. The molecular weight excluding hydrogens is 260 g/mol. The molecule has 2 aromatic rings. The lowest BCUT2D eigenvalue weighted by Crippen LogP contribution is -2.46. The van der Waals surface area contributed by atoms with Crippen LogP contribution in [-0.2, 0) is 0 Å². The summed E-state index contributed by atoms with van der Waals surface area (Å²) in [6.07, 6.45) is -0.508. The van der Waals surface area contributed by atoms with Crippen LogP contribution in [0.5, 0.6) is 0 Å². The van der Waals surface area contributed by atoms with Crippen LogP contribution in [0, 0.1) is 0 Å². The Balaban J connectivity index is 1.92. The molecule has 2 atom stereocenters. The minimum atomic E-state index is -0.508. The lowest BCUT2D eigenvalue weighted by atomic mass is 9.94. The average molecular weight is 282 g/mol. The summed E-state index contributed by atoms with van der Waals surface area (Å²) in [7, 11) is 0. The molecule has 1 saturated heterocycles. The summed E-state index contributed by atoms with van der Waals surface area (Å²) < 4.78 is 0. The molecule has 1 aliphatic heterocycles. The van der Waals surface area contributed by atoms with Gasteiger partial charge in [-0.05, 0) is 11.1 Å². The molecule has 1 fully saturated rings. The fourth-order valence-corrected chi connectivity index (χ4v) is 3.04. The maximum absolute atomic E-state index is 10.9. The molecule has 21 heavy (non-hydrogen) atoms. The second-order valence-corrected chi connectivity index (χ2v) is 5.50. The molecule has 0 amide bonds. The molecule has 3 heteroatoms. The van der Waals surface area contributed by atoms with E-state index in [0.29, 0.717) is 0 Å². The molecule has 0 unspecified atom stereocenters. The predicted molar refractivity (Wildman–Crippen MR) is 85.0 cm³/mol. The van der Waals surface area contributed by atoms with E-state index in [4.69, 9.17) is 0 Å². The normalized spacial score (nSPS) is 19.1. The van der Waals surface area contributed by atoms with E-state index < -0.39 is 6.10 Å². The highest BCUT2D eigenvalue weighted by Crippen LogP contribution is 2.34. The van der Waals surface area contributed by atoms with Gasteiger partial charge in [-0.15, -0.1) is 0 Å². The lowest BCUT2D eigenvalue weighted by Gasteiger charge is -2.38. The van der Waals surface area contributed by atoms with Gasteiger partial charge in [-0.25, -0.2) is 0 Å². The zero-order valence-corrected chi connectivity index (χ0v) is 12.2. The van der Waals surface area contributed by atoms with E-state index in [1.807, 2.05) is 48.5 Å². The predicted octanol–water partition coefficient (Wildman–Crippen LogP) is 2.37. The summed E-state index contributed by atoms with van der Waals surface area (Å²) in [5.74, 6) is 0. The van der Waals surface area contributed by atoms with Crippen molar-refractivity contribution in [3.8, 4) is 0 Å². The third-order valence-corrected chi connectivity index (χ3v) is 4.13. The highest BCUT2D eigenvalue weighted by atomic mass is 16.3. The van der Waals surface area contributed by atoms with Crippen LogP contribution in [0.15, 0.2) is 60.7 Å². The van der Waals surface area contributed by atoms with Gasteiger partial charge in [-0.2, -0.15) is 0 Å².